The smallest absolute Gasteiger partial charge is 0.255 e. The molecule has 6 nitrogen and oxygen atoms in total. The zero-order valence-electron chi connectivity index (χ0n) is 17.8. The number of nitrogens with one attached hydrogen (secondary N) is 1. The number of methoxy groups -OCH3 is 2. The molecule has 4 rings (SSSR count). The van der Waals surface area contributed by atoms with Gasteiger partial charge in [0.25, 0.3) is 5.91 Å². The van der Waals surface area contributed by atoms with Gasteiger partial charge in [0.15, 0.2) is 11.5 Å². The molecule has 1 amide bonds. The van der Waals surface area contributed by atoms with Crippen LogP contribution in [0.4, 0.5) is 0 Å². The van der Waals surface area contributed by atoms with Gasteiger partial charge in [-0.1, -0.05) is 18.2 Å². The van der Waals surface area contributed by atoms with Gasteiger partial charge in [-0.2, -0.15) is 0 Å². The zero-order valence-corrected chi connectivity index (χ0v) is 17.8. The molecule has 1 aliphatic rings. The summed E-state index contributed by atoms with van der Waals surface area (Å²) in [4.78, 5) is 21.8. The molecule has 0 unspecified atom stereocenters. The van der Waals surface area contributed by atoms with Crippen LogP contribution in [0.3, 0.4) is 0 Å². The Bertz CT molecular complexity index is 1060. The molecule has 3 aromatic rings. The fourth-order valence-corrected chi connectivity index (χ4v) is 4.05. The van der Waals surface area contributed by atoms with Crippen molar-refractivity contribution >= 4 is 16.8 Å². The molecule has 2 heterocycles. The number of amides is 1. The number of ether oxygens (including phenoxy) is 2. The second-order valence-electron chi connectivity index (χ2n) is 7.54. The predicted molar refractivity (Wildman–Crippen MR) is 117 cm³/mol. The normalized spacial score (nSPS) is 14.7. The van der Waals surface area contributed by atoms with Gasteiger partial charge < -0.3 is 19.3 Å². The van der Waals surface area contributed by atoms with Gasteiger partial charge in [-0.05, 0) is 37.3 Å². The maximum Gasteiger partial charge on any atom is 0.255 e. The molecule has 0 saturated carbocycles. The second kappa shape index (κ2) is 8.71. The van der Waals surface area contributed by atoms with Crippen molar-refractivity contribution in [2.45, 2.75) is 6.92 Å². The van der Waals surface area contributed by atoms with Gasteiger partial charge in [0.05, 0.1) is 63.7 Å². The lowest BCUT2D eigenvalue weighted by Gasteiger charge is -2.32. The summed E-state index contributed by atoms with van der Waals surface area (Å²) in [6.45, 7) is 6.85. The first kappa shape index (κ1) is 20.2. The number of likely N-dealkylation sites (N-methyl/N-ethyl adjacent to an activating group) is 1. The topological polar surface area (TPSA) is 56.1 Å². The molecule has 0 atom stereocenters. The van der Waals surface area contributed by atoms with Crippen molar-refractivity contribution in [3.05, 3.63) is 54.1 Å². The molecular formula is C24H28N3O3+. The minimum atomic E-state index is 0.0745. The molecule has 156 valence electrons. The summed E-state index contributed by atoms with van der Waals surface area (Å²) in [6, 6.07) is 15.4. The average Bonchev–Trinajstić information content (AvgIpc) is 2.82. The van der Waals surface area contributed by atoms with E-state index in [0.29, 0.717) is 17.1 Å². The summed E-state index contributed by atoms with van der Waals surface area (Å²) >= 11 is 0. The third-order valence-electron chi connectivity index (χ3n) is 5.88. The largest absolute Gasteiger partial charge is 0.493 e. The van der Waals surface area contributed by atoms with Crippen LogP contribution < -0.4 is 14.4 Å². The lowest BCUT2D eigenvalue weighted by Crippen LogP contribution is -3.14. The Morgan fingerprint density at radius 1 is 1.03 bits per heavy atom. The van der Waals surface area contributed by atoms with Crippen LogP contribution in [0.1, 0.15) is 17.3 Å². The van der Waals surface area contributed by atoms with Gasteiger partial charge in [-0.3, -0.25) is 4.79 Å². The van der Waals surface area contributed by atoms with E-state index in [1.807, 2.05) is 53.4 Å². The van der Waals surface area contributed by atoms with Crippen LogP contribution >= 0.6 is 0 Å². The average molecular weight is 407 g/mol. The lowest BCUT2D eigenvalue weighted by molar-refractivity contribution is -0.902. The first-order valence-corrected chi connectivity index (χ1v) is 10.4. The van der Waals surface area contributed by atoms with E-state index in [2.05, 4.69) is 6.92 Å². The Hall–Kier alpha value is -3.12. The summed E-state index contributed by atoms with van der Waals surface area (Å²) in [5.74, 6) is 1.37. The summed E-state index contributed by atoms with van der Waals surface area (Å²) < 4.78 is 10.8. The van der Waals surface area contributed by atoms with E-state index in [1.54, 1.807) is 19.1 Å². The maximum atomic E-state index is 13.5. The molecule has 30 heavy (non-hydrogen) atoms. The van der Waals surface area contributed by atoms with Gasteiger partial charge in [-0.15, -0.1) is 0 Å². The second-order valence-corrected chi connectivity index (χ2v) is 7.54. The van der Waals surface area contributed by atoms with Crippen molar-refractivity contribution in [3.8, 4) is 22.8 Å². The van der Waals surface area contributed by atoms with E-state index >= 15 is 0 Å². The van der Waals surface area contributed by atoms with Crippen molar-refractivity contribution in [2.24, 2.45) is 0 Å². The quantitative estimate of drug-likeness (QED) is 0.706. The number of para-hydroxylation sites is 1. The van der Waals surface area contributed by atoms with E-state index in [-0.39, 0.29) is 5.91 Å². The molecule has 1 fully saturated rings. The minimum absolute atomic E-state index is 0.0745. The number of pyridine rings is 1. The fraction of sp³-hybridized carbons (Fsp3) is 0.333. The van der Waals surface area contributed by atoms with Crippen LogP contribution in [0.15, 0.2) is 48.5 Å². The van der Waals surface area contributed by atoms with Crippen LogP contribution in [-0.4, -0.2) is 62.7 Å². The number of benzene rings is 2. The van der Waals surface area contributed by atoms with E-state index < -0.39 is 0 Å². The van der Waals surface area contributed by atoms with Crippen LogP contribution in [0, 0.1) is 0 Å². The first-order valence-electron chi connectivity index (χ1n) is 10.4. The highest BCUT2D eigenvalue weighted by Gasteiger charge is 2.25. The van der Waals surface area contributed by atoms with Crippen molar-refractivity contribution in [2.75, 3.05) is 46.9 Å². The molecule has 1 aromatic heterocycles. The number of aromatic nitrogens is 1. The van der Waals surface area contributed by atoms with E-state index in [1.165, 1.54) is 0 Å². The number of carbonyl (C=O) groups is 1. The van der Waals surface area contributed by atoms with Crippen molar-refractivity contribution in [3.63, 3.8) is 0 Å². The molecule has 2 aromatic carbocycles. The first-order chi connectivity index (χ1) is 14.6. The van der Waals surface area contributed by atoms with E-state index in [4.69, 9.17) is 14.5 Å². The Kier molecular flexibility index (Phi) is 5.86. The number of rotatable bonds is 5. The van der Waals surface area contributed by atoms with Gasteiger partial charge in [0, 0.05) is 10.9 Å². The number of piperazine rings is 1. The number of carbonyl (C=O) groups excluding carboxylic acids is 1. The molecular weight excluding hydrogens is 378 g/mol. The van der Waals surface area contributed by atoms with E-state index in [9.17, 15) is 4.79 Å². The Morgan fingerprint density at radius 2 is 1.77 bits per heavy atom. The SMILES string of the molecule is CC[NH+]1CCN(C(=O)c2cc(-c3ccc(OC)c(OC)c3)nc3ccccc23)CC1. The molecule has 0 aliphatic carbocycles. The van der Waals surface area contributed by atoms with Gasteiger partial charge in [-0.25, -0.2) is 4.98 Å². The molecule has 6 heteroatoms. The van der Waals surface area contributed by atoms with Crippen LogP contribution in [-0.2, 0) is 0 Å². The number of fused-ring (bicyclic) bond motifs is 1. The van der Waals surface area contributed by atoms with Crippen LogP contribution in [0.5, 0.6) is 11.5 Å². The Labute approximate surface area is 177 Å². The highest BCUT2D eigenvalue weighted by Crippen LogP contribution is 2.33. The molecule has 1 saturated heterocycles. The fourth-order valence-electron chi connectivity index (χ4n) is 4.05. The van der Waals surface area contributed by atoms with Crippen molar-refractivity contribution in [1.29, 1.82) is 0 Å². The third-order valence-corrected chi connectivity index (χ3v) is 5.88. The Morgan fingerprint density at radius 3 is 2.47 bits per heavy atom. The summed E-state index contributed by atoms with van der Waals surface area (Å²) in [6.07, 6.45) is 0. The standard InChI is InChI=1S/C24H27N3O3/c1-4-26-11-13-27(14-12-26)24(28)19-16-21(25-20-8-6-5-7-18(19)20)17-9-10-22(29-2)23(15-17)30-3/h5-10,15-16H,4,11-14H2,1-3H3/p+1. The van der Waals surface area contributed by atoms with Crippen LogP contribution in [0.25, 0.3) is 22.2 Å². The monoisotopic (exact) mass is 406 g/mol. The summed E-state index contributed by atoms with van der Waals surface area (Å²) in [5, 5.41) is 0.886. The molecule has 0 spiro atoms. The lowest BCUT2D eigenvalue weighted by atomic mass is 10.0. The van der Waals surface area contributed by atoms with Crippen LogP contribution in [0.2, 0.25) is 0 Å². The van der Waals surface area contributed by atoms with E-state index in [0.717, 1.165) is 54.9 Å². The number of quaternary nitrogens is 1. The molecule has 1 aliphatic heterocycles. The molecule has 1 N–H and O–H groups in total. The third kappa shape index (κ3) is 3.83. The number of hydrogen-bond donors (Lipinski definition) is 1. The predicted octanol–water partition coefficient (Wildman–Crippen LogP) is 2.28. The number of hydrogen-bond acceptors (Lipinski definition) is 4. The van der Waals surface area contributed by atoms with Crippen molar-refractivity contribution in [1.82, 2.24) is 9.88 Å². The maximum absolute atomic E-state index is 13.5. The highest BCUT2D eigenvalue weighted by molar-refractivity contribution is 6.07. The van der Waals surface area contributed by atoms with Crippen molar-refractivity contribution < 1.29 is 19.2 Å². The minimum Gasteiger partial charge on any atom is -0.493 e. The molecule has 0 bridgehead atoms. The van der Waals surface area contributed by atoms with Gasteiger partial charge >= 0.3 is 0 Å². The summed E-state index contributed by atoms with van der Waals surface area (Å²) in [7, 11) is 3.23. The number of nitrogens with zero attached hydrogens (tertiary/aromatic N) is 2. The summed E-state index contributed by atoms with van der Waals surface area (Å²) in [5.41, 5.74) is 3.14. The zero-order chi connectivity index (χ0) is 21.1. The van der Waals surface area contributed by atoms with Gasteiger partial charge in [0.1, 0.15) is 0 Å². The molecule has 0 radical (unpaired) electrons. The highest BCUT2D eigenvalue weighted by atomic mass is 16.5. The van der Waals surface area contributed by atoms with Gasteiger partial charge in [0.2, 0.25) is 0 Å². The Balaban J connectivity index is 1.76.